The van der Waals surface area contributed by atoms with Crippen LogP contribution in [0.25, 0.3) is 0 Å². The Morgan fingerprint density at radius 1 is 1.34 bits per heavy atom. The van der Waals surface area contributed by atoms with Crippen molar-refractivity contribution in [2.24, 2.45) is 5.92 Å². The average Bonchev–Trinajstić information content (AvgIpc) is 3.13. The third-order valence-corrected chi connectivity index (χ3v) is 5.67. The number of aromatic nitrogens is 2. The van der Waals surface area contributed by atoms with E-state index in [1.54, 1.807) is 6.08 Å². The fourth-order valence-electron chi connectivity index (χ4n) is 3.71. The minimum atomic E-state index is -0.500. The van der Waals surface area contributed by atoms with E-state index in [4.69, 9.17) is 13.4 Å². The molecular weight excluding hydrogens is 388 g/mol. The van der Waals surface area contributed by atoms with E-state index in [9.17, 15) is 4.79 Å². The summed E-state index contributed by atoms with van der Waals surface area (Å²) in [4.78, 5) is 16.9. The topological polar surface area (TPSA) is 74.5 Å². The highest BCUT2D eigenvalue weighted by atomic mass is 32.2. The van der Waals surface area contributed by atoms with E-state index in [-0.39, 0.29) is 24.9 Å². The van der Waals surface area contributed by atoms with Gasteiger partial charge in [0.15, 0.2) is 5.82 Å². The van der Waals surface area contributed by atoms with Gasteiger partial charge < -0.3 is 13.4 Å². The molecule has 2 rings (SSSR count). The van der Waals surface area contributed by atoms with E-state index in [1.165, 1.54) is 50.6 Å². The summed E-state index contributed by atoms with van der Waals surface area (Å²) in [5, 5.41) is 4.01. The monoisotopic (exact) mass is 424 g/mol. The van der Waals surface area contributed by atoms with Crippen LogP contribution >= 0.6 is 12.0 Å². The minimum Gasteiger partial charge on any atom is -0.460 e. The van der Waals surface area contributed by atoms with E-state index >= 15 is 0 Å². The van der Waals surface area contributed by atoms with Crippen LogP contribution in [-0.2, 0) is 20.3 Å². The number of nitrogens with zero attached hydrogens (tertiary/aromatic N) is 2. The Morgan fingerprint density at radius 3 is 2.79 bits per heavy atom. The van der Waals surface area contributed by atoms with Crippen molar-refractivity contribution in [3.05, 3.63) is 24.4 Å². The lowest BCUT2D eigenvalue weighted by Gasteiger charge is -2.23. The summed E-state index contributed by atoms with van der Waals surface area (Å²) in [6.45, 7) is 9.56. The summed E-state index contributed by atoms with van der Waals surface area (Å²) >= 11 is 1.30. The largest absolute Gasteiger partial charge is 0.460 e. The smallest absolute Gasteiger partial charge is 0.307 e. The van der Waals surface area contributed by atoms with Crippen LogP contribution in [0.3, 0.4) is 0 Å². The molecule has 1 aromatic heterocycles. The van der Waals surface area contributed by atoms with Crippen molar-refractivity contribution in [1.29, 1.82) is 0 Å². The van der Waals surface area contributed by atoms with Gasteiger partial charge in [-0.15, -0.1) is 6.58 Å². The molecule has 1 fully saturated rings. The molecule has 1 atom stereocenters. The molecule has 1 aliphatic rings. The zero-order valence-corrected chi connectivity index (χ0v) is 19.0. The van der Waals surface area contributed by atoms with Crippen LogP contribution in [-0.4, -0.2) is 27.5 Å². The van der Waals surface area contributed by atoms with Crippen LogP contribution in [0.2, 0.25) is 0 Å². The molecule has 0 aromatic carbocycles. The van der Waals surface area contributed by atoms with Gasteiger partial charge in [-0.3, -0.25) is 4.79 Å². The molecule has 0 unspecified atom stereocenters. The number of hydrogen-bond acceptors (Lipinski definition) is 7. The van der Waals surface area contributed by atoms with Crippen LogP contribution in [0.5, 0.6) is 0 Å². The van der Waals surface area contributed by atoms with Gasteiger partial charge in [0, 0.05) is 11.7 Å². The van der Waals surface area contributed by atoms with Crippen molar-refractivity contribution < 1.29 is 18.2 Å². The van der Waals surface area contributed by atoms with Crippen LogP contribution in [0.4, 0.5) is 0 Å². The lowest BCUT2D eigenvalue weighted by atomic mass is 9.84. The number of hydrogen-bond donors (Lipinski definition) is 0. The molecule has 1 aromatic rings. The van der Waals surface area contributed by atoms with Gasteiger partial charge in [0.25, 0.3) is 0 Å². The highest BCUT2D eigenvalue weighted by Gasteiger charge is 2.26. The van der Waals surface area contributed by atoms with Gasteiger partial charge in [0.05, 0.1) is 6.42 Å². The number of carbonyl (C=O) groups is 1. The zero-order valence-electron chi connectivity index (χ0n) is 18.2. The van der Waals surface area contributed by atoms with Crippen LogP contribution in [0, 0.1) is 5.92 Å². The summed E-state index contributed by atoms with van der Waals surface area (Å²) in [7, 11) is 0. The van der Waals surface area contributed by atoms with Gasteiger partial charge in [-0.2, -0.15) is 4.98 Å². The molecule has 1 saturated carbocycles. The van der Waals surface area contributed by atoms with Crippen LogP contribution in [0.15, 0.2) is 17.2 Å². The summed E-state index contributed by atoms with van der Waals surface area (Å²) in [5.74, 6) is 2.19. The van der Waals surface area contributed by atoms with Crippen molar-refractivity contribution in [1.82, 2.24) is 10.1 Å². The first-order valence-corrected chi connectivity index (χ1v) is 11.7. The molecule has 6 nitrogen and oxygen atoms in total. The molecule has 29 heavy (non-hydrogen) atoms. The summed E-state index contributed by atoms with van der Waals surface area (Å²) in [6.07, 6.45) is 11.9. The Hall–Kier alpha value is -1.34. The molecule has 0 saturated heterocycles. The van der Waals surface area contributed by atoms with E-state index < -0.39 is 5.60 Å². The summed E-state index contributed by atoms with van der Waals surface area (Å²) < 4.78 is 16.4. The maximum atomic E-state index is 12.4. The quantitative estimate of drug-likeness (QED) is 0.177. The third-order valence-electron chi connectivity index (χ3n) is 5.01. The maximum absolute atomic E-state index is 12.4. The molecule has 1 aliphatic carbocycles. The van der Waals surface area contributed by atoms with Crippen molar-refractivity contribution in [2.75, 3.05) is 5.75 Å². The Kier molecular flexibility index (Phi) is 10.2. The second-order valence-corrected chi connectivity index (χ2v) is 9.61. The van der Waals surface area contributed by atoms with Crippen LogP contribution < -0.4 is 0 Å². The molecule has 1 heterocycles. The predicted molar refractivity (Wildman–Crippen MR) is 115 cm³/mol. The summed E-state index contributed by atoms with van der Waals surface area (Å²) in [5.41, 5.74) is -0.500. The van der Waals surface area contributed by atoms with E-state index in [0.717, 1.165) is 18.8 Å². The zero-order chi connectivity index (χ0) is 21.1. The predicted octanol–water partition coefficient (Wildman–Crippen LogP) is 5.99. The fourth-order valence-corrected chi connectivity index (χ4v) is 4.09. The molecule has 0 N–H and O–H groups in total. The number of ether oxygens (including phenoxy) is 1. The number of carbonyl (C=O) groups excluding carboxylic acids is 1. The summed E-state index contributed by atoms with van der Waals surface area (Å²) in [6, 6.07) is 0. The normalized spacial score (nSPS) is 16.5. The van der Waals surface area contributed by atoms with Gasteiger partial charge >= 0.3 is 5.97 Å². The Morgan fingerprint density at radius 2 is 2.10 bits per heavy atom. The third kappa shape index (κ3) is 9.81. The first kappa shape index (κ1) is 23.9. The average molecular weight is 425 g/mol. The second kappa shape index (κ2) is 12.4. The highest BCUT2D eigenvalue weighted by molar-refractivity contribution is 7.94. The molecule has 0 bridgehead atoms. The first-order chi connectivity index (χ1) is 13.9. The Labute approximate surface area is 179 Å². The van der Waals surface area contributed by atoms with Gasteiger partial charge in [-0.05, 0) is 45.2 Å². The van der Waals surface area contributed by atoms with Crippen molar-refractivity contribution in [3.8, 4) is 0 Å². The standard InChI is InChI=1S/C22H36N2O4S/c1-5-14-29-26-16-19-23-21(28-24-19)18(15-20(25)27-22(2,3)4)13-9-12-17-10-7-6-8-11-17/h5,17-18H,1,6-16H2,2-4H3/t18-/m1/s1. The SMILES string of the molecule is C=CCSOCc1noc([C@H](CCCC2CCCCC2)CC(=O)OC(C)(C)C)n1. The minimum absolute atomic E-state index is 0.115. The van der Waals surface area contributed by atoms with Crippen molar-refractivity contribution in [2.45, 2.75) is 96.7 Å². The van der Waals surface area contributed by atoms with E-state index in [0.29, 0.717) is 17.5 Å². The van der Waals surface area contributed by atoms with Gasteiger partial charge in [-0.25, -0.2) is 0 Å². The number of esters is 1. The highest BCUT2D eigenvalue weighted by Crippen LogP contribution is 2.31. The van der Waals surface area contributed by atoms with Gasteiger partial charge in [0.2, 0.25) is 5.89 Å². The second-order valence-electron chi connectivity index (χ2n) is 8.81. The molecule has 7 heteroatoms. The van der Waals surface area contributed by atoms with Gasteiger partial charge in [0.1, 0.15) is 12.2 Å². The Balaban J connectivity index is 1.92. The number of rotatable bonds is 12. The maximum Gasteiger partial charge on any atom is 0.307 e. The molecule has 0 spiro atoms. The lowest BCUT2D eigenvalue weighted by Crippen LogP contribution is -2.25. The van der Waals surface area contributed by atoms with E-state index in [1.807, 2.05) is 20.8 Å². The van der Waals surface area contributed by atoms with E-state index in [2.05, 4.69) is 16.7 Å². The molecule has 164 valence electrons. The fraction of sp³-hybridized carbons (Fsp3) is 0.773. The molecule has 0 aliphatic heterocycles. The molecular formula is C22H36N2O4S. The Bertz CT molecular complexity index is 621. The van der Waals surface area contributed by atoms with Crippen molar-refractivity contribution >= 4 is 18.0 Å². The van der Waals surface area contributed by atoms with Crippen LogP contribution in [0.1, 0.15) is 96.2 Å². The van der Waals surface area contributed by atoms with Crippen molar-refractivity contribution in [3.63, 3.8) is 0 Å². The molecule has 0 amide bonds. The first-order valence-electron chi connectivity index (χ1n) is 10.8. The van der Waals surface area contributed by atoms with Gasteiger partial charge in [-0.1, -0.05) is 56.2 Å². The molecule has 0 radical (unpaired) electrons. The lowest BCUT2D eigenvalue weighted by molar-refractivity contribution is -0.155.